The van der Waals surface area contributed by atoms with Crippen LogP contribution in [0.25, 0.3) is 0 Å². The van der Waals surface area contributed by atoms with Gasteiger partial charge in [-0.1, -0.05) is 23.2 Å². The Morgan fingerprint density at radius 2 is 1.70 bits per heavy atom. The van der Waals surface area contributed by atoms with Crippen molar-refractivity contribution in [1.29, 1.82) is 0 Å². The van der Waals surface area contributed by atoms with Crippen LogP contribution >= 0.6 is 23.2 Å². The number of hydrogen-bond acceptors (Lipinski definition) is 7. The van der Waals surface area contributed by atoms with Crippen molar-refractivity contribution in [2.75, 3.05) is 7.11 Å². The summed E-state index contributed by atoms with van der Waals surface area (Å²) >= 11 is 11.9. The van der Waals surface area contributed by atoms with E-state index in [4.69, 9.17) is 27.9 Å². The van der Waals surface area contributed by atoms with Crippen LogP contribution in [0.15, 0.2) is 35.4 Å². The third kappa shape index (κ3) is 4.90. The lowest BCUT2D eigenvalue weighted by Gasteiger charge is -2.07. The van der Waals surface area contributed by atoms with Crippen LogP contribution in [0.5, 0.6) is 5.75 Å². The van der Waals surface area contributed by atoms with Gasteiger partial charge in [0.2, 0.25) is 0 Å². The Bertz CT molecular complexity index is 931. The van der Waals surface area contributed by atoms with Crippen molar-refractivity contribution in [3.05, 3.63) is 71.7 Å². The Balaban J connectivity index is 2.27. The maximum absolute atomic E-state index is 12.1. The molecule has 0 fully saturated rings. The Kier molecular flexibility index (Phi) is 6.27. The quantitative estimate of drug-likeness (QED) is 0.437. The highest BCUT2D eigenvalue weighted by Gasteiger charge is 2.19. The number of amides is 1. The van der Waals surface area contributed by atoms with Gasteiger partial charge in [-0.2, -0.15) is 5.10 Å². The van der Waals surface area contributed by atoms with Crippen LogP contribution < -0.4 is 10.2 Å². The number of nitrogens with one attached hydrogen (secondary N) is 1. The fourth-order valence-corrected chi connectivity index (χ4v) is 2.64. The molecule has 0 aliphatic rings. The fourth-order valence-electron chi connectivity index (χ4n) is 2.05. The first-order valence-electron chi connectivity index (χ1n) is 7.03. The minimum Gasteiger partial charge on any atom is -0.495 e. The molecule has 0 aliphatic carbocycles. The number of nitro groups is 2. The Labute approximate surface area is 161 Å². The highest BCUT2D eigenvalue weighted by atomic mass is 35.5. The monoisotopic (exact) mass is 412 g/mol. The number of nitrogens with zero attached hydrogens (tertiary/aromatic N) is 3. The highest BCUT2D eigenvalue weighted by molar-refractivity contribution is 6.36. The minimum absolute atomic E-state index is 0.229. The van der Waals surface area contributed by atoms with Crippen molar-refractivity contribution >= 4 is 46.7 Å². The van der Waals surface area contributed by atoms with Gasteiger partial charge < -0.3 is 4.74 Å². The Hall–Kier alpha value is -3.24. The molecule has 0 atom stereocenters. The van der Waals surface area contributed by atoms with E-state index in [2.05, 4.69) is 10.5 Å². The van der Waals surface area contributed by atoms with Crippen molar-refractivity contribution in [3.63, 3.8) is 0 Å². The van der Waals surface area contributed by atoms with Gasteiger partial charge in [0, 0.05) is 22.7 Å². The summed E-state index contributed by atoms with van der Waals surface area (Å²) in [6.07, 6.45) is 1.19. The van der Waals surface area contributed by atoms with E-state index in [-0.39, 0.29) is 16.3 Å². The smallest absolute Gasteiger partial charge is 0.277 e. The molecule has 0 saturated carbocycles. The second-order valence-corrected chi connectivity index (χ2v) is 5.81. The maximum atomic E-state index is 12.1. The summed E-state index contributed by atoms with van der Waals surface area (Å²) < 4.78 is 5.11. The topological polar surface area (TPSA) is 137 Å². The third-order valence-electron chi connectivity index (χ3n) is 3.20. The first-order valence-corrected chi connectivity index (χ1v) is 7.79. The summed E-state index contributed by atoms with van der Waals surface area (Å²) in [7, 11) is 1.38. The number of hydrazone groups is 1. The molecular formula is C15H10Cl2N4O6. The van der Waals surface area contributed by atoms with Crippen LogP contribution in [0.3, 0.4) is 0 Å². The summed E-state index contributed by atoms with van der Waals surface area (Å²) in [6.45, 7) is 0. The minimum atomic E-state index is -0.884. The van der Waals surface area contributed by atoms with Crippen molar-refractivity contribution in [2.45, 2.75) is 0 Å². The van der Waals surface area contributed by atoms with Crippen LogP contribution in [0.2, 0.25) is 10.0 Å². The lowest BCUT2D eigenvalue weighted by Crippen LogP contribution is -2.18. The second kappa shape index (κ2) is 8.43. The first kappa shape index (κ1) is 20.1. The third-order valence-corrected chi connectivity index (χ3v) is 3.70. The van der Waals surface area contributed by atoms with Gasteiger partial charge >= 0.3 is 0 Å². The lowest BCUT2D eigenvalue weighted by molar-refractivity contribution is -0.394. The molecule has 10 nitrogen and oxygen atoms in total. The molecule has 0 spiro atoms. The van der Waals surface area contributed by atoms with E-state index in [9.17, 15) is 25.0 Å². The van der Waals surface area contributed by atoms with Gasteiger partial charge in [0.1, 0.15) is 5.75 Å². The van der Waals surface area contributed by atoms with E-state index in [0.717, 1.165) is 18.2 Å². The van der Waals surface area contributed by atoms with Gasteiger partial charge in [-0.25, -0.2) is 5.43 Å². The lowest BCUT2D eigenvalue weighted by atomic mass is 10.1. The van der Waals surface area contributed by atoms with Gasteiger partial charge in [0.15, 0.2) is 0 Å². The van der Waals surface area contributed by atoms with Crippen LogP contribution in [0.4, 0.5) is 11.4 Å². The predicted octanol–water partition coefficient (Wildman–Crippen LogP) is 3.58. The molecular weight excluding hydrogens is 403 g/mol. The average molecular weight is 413 g/mol. The number of halogens is 2. The average Bonchev–Trinajstić information content (AvgIpc) is 2.60. The summed E-state index contributed by atoms with van der Waals surface area (Å²) in [5.41, 5.74) is 0.982. The van der Waals surface area contributed by atoms with Gasteiger partial charge in [-0.3, -0.25) is 25.0 Å². The molecule has 2 aromatic rings. The van der Waals surface area contributed by atoms with E-state index in [1.807, 2.05) is 0 Å². The molecule has 0 bridgehead atoms. The SMILES string of the molecule is COc1c(Cl)cc(Cl)cc1/C=N\NC(=O)c1cc([N+](=O)[O-])cc([N+](=O)[O-])c1. The zero-order chi connectivity index (χ0) is 20.1. The Morgan fingerprint density at radius 1 is 1.11 bits per heavy atom. The second-order valence-electron chi connectivity index (χ2n) is 4.96. The number of benzene rings is 2. The molecule has 12 heteroatoms. The number of rotatable bonds is 6. The zero-order valence-corrected chi connectivity index (χ0v) is 15.0. The van der Waals surface area contributed by atoms with E-state index in [1.54, 1.807) is 0 Å². The molecule has 0 aliphatic heterocycles. The number of hydrogen-bond donors (Lipinski definition) is 1. The molecule has 2 rings (SSSR count). The molecule has 2 aromatic carbocycles. The van der Waals surface area contributed by atoms with Gasteiger partial charge in [-0.05, 0) is 12.1 Å². The van der Waals surface area contributed by atoms with Gasteiger partial charge in [-0.15, -0.1) is 0 Å². The standard InChI is InChI=1S/C15H10Cl2N4O6/c1-27-14-9(2-10(16)5-13(14)17)7-18-19-15(22)8-3-11(20(23)24)6-12(4-8)21(25)26/h2-7H,1H3,(H,19,22)/b18-7-. The van der Waals surface area contributed by atoms with Crippen molar-refractivity contribution in [1.82, 2.24) is 5.43 Å². The summed E-state index contributed by atoms with van der Waals surface area (Å²) in [4.78, 5) is 32.2. The number of non-ortho nitro benzene ring substituents is 2. The molecule has 0 heterocycles. The van der Waals surface area contributed by atoms with Crippen LogP contribution in [-0.2, 0) is 0 Å². The molecule has 1 amide bonds. The van der Waals surface area contributed by atoms with E-state index in [1.165, 1.54) is 25.5 Å². The van der Waals surface area contributed by atoms with Gasteiger partial charge in [0.05, 0.1) is 39.8 Å². The number of nitro benzene ring substituents is 2. The Morgan fingerprint density at radius 3 is 2.22 bits per heavy atom. The highest BCUT2D eigenvalue weighted by Crippen LogP contribution is 2.31. The molecule has 27 heavy (non-hydrogen) atoms. The van der Waals surface area contributed by atoms with E-state index in [0.29, 0.717) is 10.6 Å². The number of carbonyl (C=O) groups is 1. The molecule has 140 valence electrons. The number of carbonyl (C=O) groups excluding carboxylic acids is 1. The maximum Gasteiger partial charge on any atom is 0.277 e. The summed E-state index contributed by atoms with van der Waals surface area (Å²) in [5, 5.41) is 26.0. The molecule has 0 radical (unpaired) electrons. The fraction of sp³-hybridized carbons (Fsp3) is 0.0667. The van der Waals surface area contributed by atoms with Crippen LogP contribution in [0.1, 0.15) is 15.9 Å². The normalized spacial score (nSPS) is 10.6. The first-order chi connectivity index (χ1) is 12.7. The van der Waals surface area contributed by atoms with Crippen LogP contribution in [-0.4, -0.2) is 29.1 Å². The molecule has 0 unspecified atom stereocenters. The summed E-state index contributed by atoms with van der Waals surface area (Å²) in [6, 6.07) is 5.49. The van der Waals surface area contributed by atoms with Crippen molar-refractivity contribution < 1.29 is 19.4 Å². The van der Waals surface area contributed by atoms with Crippen LogP contribution in [0, 0.1) is 20.2 Å². The zero-order valence-electron chi connectivity index (χ0n) is 13.5. The van der Waals surface area contributed by atoms with Crippen molar-refractivity contribution in [3.8, 4) is 5.75 Å². The number of ether oxygens (including phenoxy) is 1. The molecule has 0 saturated heterocycles. The van der Waals surface area contributed by atoms with E-state index < -0.39 is 27.1 Å². The largest absolute Gasteiger partial charge is 0.495 e. The number of methoxy groups -OCH3 is 1. The van der Waals surface area contributed by atoms with E-state index >= 15 is 0 Å². The predicted molar refractivity (Wildman–Crippen MR) is 97.8 cm³/mol. The van der Waals surface area contributed by atoms with Gasteiger partial charge in [0.25, 0.3) is 17.3 Å². The molecule has 1 N–H and O–H groups in total. The van der Waals surface area contributed by atoms with Crippen molar-refractivity contribution in [2.24, 2.45) is 5.10 Å². The summed E-state index contributed by atoms with van der Waals surface area (Å²) in [5.74, 6) is -0.616. The molecule has 0 aromatic heterocycles.